The Balaban J connectivity index is 1.50. The highest BCUT2D eigenvalue weighted by molar-refractivity contribution is 7.98. The number of hydrogen-bond donors (Lipinski definition) is 3. The molecule has 3 heterocycles. The van der Waals surface area contributed by atoms with E-state index in [1.807, 2.05) is 0 Å². The number of hydrogen-bond acceptors (Lipinski definition) is 7. The van der Waals surface area contributed by atoms with Gasteiger partial charge in [-0.15, -0.1) is 11.3 Å². The number of aryl methyl sites for hydroxylation is 1. The lowest BCUT2D eigenvalue weighted by molar-refractivity contribution is 0.0998. The summed E-state index contributed by atoms with van der Waals surface area (Å²) in [5, 5.41) is 6.52. The topological polar surface area (TPSA) is 100 Å². The lowest BCUT2D eigenvalue weighted by atomic mass is 10.3. The molecular formula is C18H25N5O2S3. The van der Waals surface area contributed by atoms with Crippen LogP contribution in [0.15, 0.2) is 17.2 Å². The van der Waals surface area contributed by atoms with E-state index in [1.165, 1.54) is 34.4 Å². The van der Waals surface area contributed by atoms with E-state index >= 15 is 0 Å². The molecule has 0 aromatic carbocycles. The first-order valence-corrected chi connectivity index (χ1v) is 11.9. The predicted octanol–water partition coefficient (Wildman–Crippen LogP) is 3.51. The number of amides is 3. The fourth-order valence-electron chi connectivity index (χ4n) is 3.04. The Hall–Kier alpha value is -1.62. The van der Waals surface area contributed by atoms with Crippen molar-refractivity contribution in [3.63, 3.8) is 0 Å². The number of rotatable bonds is 9. The van der Waals surface area contributed by atoms with Crippen molar-refractivity contribution in [1.82, 2.24) is 14.6 Å². The Kier molecular flexibility index (Phi) is 7.72. The number of carbonyl (C=O) groups is 2. The van der Waals surface area contributed by atoms with Crippen LogP contribution in [-0.4, -0.2) is 47.4 Å². The van der Waals surface area contributed by atoms with E-state index < -0.39 is 5.91 Å². The molecule has 0 saturated carbocycles. The molecule has 0 spiro atoms. The van der Waals surface area contributed by atoms with Gasteiger partial charge in [0.05, 0.1) is 0 Å². The first-order valence-electron chi connectivity index (χ1n) is 9.27. The number of carbonyl (C=O) groups excluding carboxylic acids is 2. The molecule has 152 valence electrons. The summed E-state index contributed by atoms with van der Waals surface area (Å²) >= 11 is 4.26. The standard InChI is InChI=1S/C18H25N5O2S3/c1-12-5-6-13(27-12)11-26-17-14(15(19)24)16(28-22-17)21-18(25)20-7-4-10-23-8-2-3-9-23/h5-6H,2-4,7-11H2,1H3,(H2,19,24)(H2,20,21,25). The predicted molar refractivity (Wildman–Crippen MR) is 117 cm³/mol. The van der Waals surface area contributed by atoms with Crippen molar-refractivity contribution in [3.8, 4) is 0 Å². The number of nitrogens with two attached hydrogens (primary N) is 1. The quantitative estimate of drug-likeness (QED) is 0.410. The minimum absolute atomic E-state index is 0.287. The highest BCUT2D eigenvalue weighted by atomic mass is 32.2. The number of likely N-dealkylation sites (tertiary alicyclic amines) is 1. The molecule has 3 amide bonds. The number of primary amides is 1. The molecule has 28 heavy (non-hydrogen) atoms. The average Bonchev–Trinajstić information content (AvgIpc) is 3.38. The van der Waals surface area contributed by atoms with Crippen molar-refractivity contribution in [1.29, 1.82) is 0 Å². The Morgan fingerprint density at radius 1 is 1.32 bits per heavy atom. The highest BCUT2D eigenvalue weighted by Crippen LogP contribution is 2.34. The third-order valence-corrected chi connectivity index (χ3v) is 7.50. The molecule has 1 fully saturated rings. The van der Waals surface area contributed by atoms with E-state index in [-0.39, 0.29) is 11.6 Å². The summed E-state index contributed by atoms with van der Waals surface area (Å²) in [5.74, 6) is 0.132. The van der Waals surface area contributed by atoms with E-state index in [1.54, 1.807) is 11.3 Å². The van der Waals surface area contributed by atoms with Crippen LogP contribution in [0.2, 0.25) is 0 Å². The van der Waals surface area contributed by atoms with Crippen molar-refractivity contribution in [2.75, 3.05) is 31.5 Å². The molecule has 0 aliphatic carbocycles. The third kappa shape index (κ3) is 5.94. The van der Waals surface area contributed by atoms with Gasteiger partial charge in [0.1, 0.15) is 15.6 Å². The molecule has 4 N–H and O–H groups in total. The Morgan fingerprint density at radius 2 is 2.11 bits per heavy atom. The number of thiophene rings is 1. The molecule has 1 saturated heterocycles. The van der Waals surface area contributed by atoms with Crippen LogP contribution >= 0.6 is 34.6 Å². The van der Waals surface area contributed by atoms with Crippen LogP contribution in [0.5, 0.6) is 0 Å². The van der Waals surface area contributed by atoms with Gasteiger partial charge in [0, 0.05) is 22.1 Å². The summed E-state index contributed by atoms with van der Waals surface area (Å²) in [6.07, 6.45) is 3.43. The SMILES string of the molecule is Cc1ccc(CSc2nsc(NC(=O)NCCCN3CCCC3)c2C(N)=O)s1. The summed E-state index contributed by atoms with van der Waals surface area (Å²) in [5.41, 5.74) is 5.83. The largest absolute Gasteiger partial charge is 0.365 e. The third-order valence-electron chi connectivity index (χ3n) is 4.42. The smallest absolute Gasteiger partial charge is 0.319 e. The number of nitrogens with zero attached hydrogens (tertiary/aromatic N) is 2. The zero-order chi connectivity index (χ0) is 19.9. The zero-order valence-corrected chi connectivity index (χ0v) is 18.3. The second-order valence-corrected chi connectivity index (χ2v) is 9.75. The molecule has 0 radical (unpaired) electrons. The van der Waals surface area contributed by atoms with E-state index in [2.05, 4.69) is 39.0 Å². The molecule has 7 nitrogen and oxygen atoms in total. The van der Waals surface area contributed by atoms with Crippen LogP contribution in [0.1, 0.15) is 39.4 Å². The van der Waals surface area contributed by atoms with Gasteiger partial charge < -0.3 is 16.0 Å². The molecule has 0 unspecified atom stereocenters. The van der Waals surface area contributed by atoms with Gasteiger partial charge in [-0.1, -0.05) is 11.8 Å². The highest BCUT2D eigenvalue weighted by Gasteiger charge is 2.21. The van der Waals surface area contributed by atoms with Gasteiger partial charge in [-0.3, -0.25) is 10.1 Å². The maximum absolute atomic E-state index is 12.2. The monoisotopic (exact) mass is 439 g/mol. The lowest BCUT2D eigenvalue weighted by Gasteiger charge is -2.14. The molecule has 2 aromatic heterocycles. The summed E-state index contributed by atoms with van der Waals surface area (Å²) < 4.78 is 4.32. The maximum atomic E-state index is 12.2. The van der Waals surface area contributed by atoms with E-state index in [0.717, 1.165) is 37.6 Å². The molecule has 1 aliphatic rings. The summed E-state index contributed by atoms with van der Waals surface area (Å²) in [7, 11) is 0. The van der Waals surface area contributed by atoms with Crippen molar-refractivity contribution in [2.45, 2.75) is 37.0 Å². The maximum Gasteiger partial charge on any atom is 0.319 e. The molecule has 0 bridgehead atoms. The fourth-order valence-corrected chi connectivity index (χ4v) is 5.94. The van der Waals surface area contributed by atoms with E-state index in [0.29, 0.717) is 22.3 Å². The number of anilines is 1. The van der Waals surface area contributed by atoms with Crippen LogP contribution in [0.4, 0.5) is 9.80 Å². The van der Waals surface area contributed by atoms with Crippen LogP contribution < -0.4 is 16.4 Å². The summed E-state index contributed by atoms with van der Waals surface area (Å²) in [6.45, 7) is 5.95. The lowest BCUT2D eigenvalue weighted by Crippen LogP contribution is -2.32. The van der Waals surface area contributed by atoms with Crippen molar-refractivity contribution in [2.24, 2.45) is 5.73 Å². The number of nitrogens with one attached hydrogen (secondary N) is 2. The molecular weight excluding hydrogens is 414 g/mol. The Bertz CT molecular complexity index is 814. The molecule has 1 aliphatic heterocycles. The minimum Gasteiger partial charge on any atom is -0.365 e. The average molecular weight is 440 g/mol. The van der Waals surface area contributed by atoms with Gasteiger partial charge in [-0.25, -0.2) is 4.79 Å². The van der Waals surface area contributed by atoms with Crippen molar-refractivity contribution < 1.29 is 9.59 Å². The zero-order valence-electron chi connectivity index (χ0n) is 15.8. The molecule has 2 aromatic rings. The summed E-state index contributed by atoms with van der Waals surface area (Å²) in [4.78, 5) is 28.9. The van der Waals surface area contributed by atoms with Crippen LogP contribution in [0.25, 0.3) is 0 Å². The van der Waals surface area contributed by atoms with Crippen LogP contribution in [0, 0.1) is 6.92 Å². The van der Waals surface area contributed by atoms with Gasteiger partial charge >= 0.3 is 6.03 Å². The van der Waals surface area contributed by atoms with Gasteiger partial charge in [0.25, 0.3) is 5.91 Å². The molecule has 10 heteroatoms. The number of urea groups is 1. The second kappa shape index (κ2) is 10.2. The van der Waals surface area contributed by atoms with Crippen molar-refractivity contribution in [3.05, 3.63) is 27.5 Å². The van der Waals surface area contributed by atoms with E-state index in [4.69, 9.17) is 5.73 Å². The normalized spacial score (nSPS) is 14.3. The van der Waals surface area contributed by atoms with Gasteiger partial charge in [0.15, 0.2) is 0 Å². The van der Waals surface area contributed by atoms with Crippen LogP contribution in [0.3, 0.4) is 0 Å². The Morgan fingerprint density at radius 3 is 2.79 bits per heavy atom. The van der Waals surface area contributed by atoms with Crippen molar-refractivity contribution >= 4 is 51.6 Å². The summed E-state index contributed by atoms with van der Waals surface area (Å²) in [6, 6.07) is 3.80. The molecule has 0 atom stereocenters. The van der Waals surface area contributed by atoms with Gasteiger partial charge in [-0.2, -0.15) is 4.37 Å². The van der Waals surface area contributed by atoms with E-state index in [9.17, 15) is 9.59 Å². The van der Waals surface area contributed by atoms with Crippen LogP contribution in [-0.2, 0) is 5.75 Å². The number of thioether (sulfide) groups is 1. The minimum atomic E-state index is -0.581. The van der Waals surface area contributed by atoms with Gasteiger partial charge in [0.2, 0.25) is 0 Å². The fraction of sp³-hybridized carbons (Fsp3) is 0.500. The Labute approximate surface area is 177 Å². The number of aromatic nitrogens is 1. The first kappa shape index (κ1) is 21.1. The first-order chi connectivity index (χ1) is 13.5. The second-order valence-electron chi connectivity index (χ2n) is 6.64. The molecule has 3 rings (SSSR count). The van der Waals surface area contributed by atoms with Gasteiger partial charge in [-0.05, 0) is 69.5 Å².